The Morgan fingerprint density at radius 3 is 2.45 bits per heavy atom. The smallest absolute Gasteiger partial charge is 0.192 e. The molecule has 1 unspecified atom stereocenters. The van der Waals surface area contributed by atoms with Crippen LogP contribution in [0.4, 0.5) is 0 Å². The molecule has 0 aromatic heterocycles. The minimum absolute atomic E-state index is 0.141. The Bertz CT molecular complexity index is 469. The maximum absolute atomic E-state index is 10.1. The van der Waals surface area contributed by atoms with Gasteiger partial charge in [-0.2, -0.15) is 0 Å². The fourth-order valence-corrected chi connectivity index (χ4v) is 3.04. The van der Waals surface area contributed by atoms with Gasteiger partial charge in [0.25, 0.3) is 0 Å². The molecule has 124 valence electrons. The molecule has 1 aliphatic heterocycles. The zero-order valence-corrected chi connectivity index (χ0v) is 15.2. The van der Waals surface area contributed by atoms with Crippen molar-refractivity contribution in [3.8, 4) is 0 Å². The number of hydrogen-bond acceptors (Lipinski definition) is 4. The normalized spacial score (nSPS) is 26.9. The molecule has 22 heavy (non-hydrogen) atoms. The first-order valence-corrected chi connectivity index (χ1v) is 10.8. The van der Waals surface area contributed by atoms with Crippen LogP contribution in [0.5, 0.6) is 0 Å². The molecular formula is C17H28O4Si. The summed E-state index contributed by atoms with van der Waals surface area (Å²) < 4.78 is 17.7. The second-order valence-corrected chi connectivity index (χ2v) is 12.2. The summed E-state index contributed by atoms with van der Waals surface area (Å²) in [6.07, 6.45) is -1.43. The van der Waals surface area contributed by atoms with Gasteiger partial charge >= 0.3 is 0 Å². The van der Waals surface area contributed by atoms with Crippen LogP contribution in [0.15, 0.2) is 30.3 Å². The molecule has 1 aliphatic rings. The first-order chi connectivity index (χ1) is 10.2. The summed E-state index contributed by atoms with van der Waals surface area (Å²) in [6, 6.07) is 9.80. The lowest BCUT2D eigenvalue weighted by atomic mass is 10.1. The molecule has 1 N–H and O–H groups in total. The van der Waals surface area contributed by atoms with E-state index >= 15 is 0 Å². The van der Waals surface area contributed by atoms with E-state index in [2.05, 4.69) is 33.9 Å². The third kappa shape index (κ3) is 4.17. The molecule has 0 bridgehead atoms. The lowest BCUT2D eigenvalue weighted by molar-refractivity contribution is -0.262. The van der Waals surface area contributed by atoms with E-state index < -0.39 is 20.7 Å². The van der Waals surface area contributed by atoms with Gasteiger partial charge in [-0.25, -0.2) is 0 Å². The Balaban J connectivity index is 1.98. The summed E-state index contributed by atoms with van der Waals surface area (Å²) in [5, 5.41) is 10.3. The van der Waals surface area contributed by atoms with Gasteiger partial charge in [0.05, 0.1) is 13.2 Å². The summed E-state index contributed by atoms with van der Waals surface area (Å²) in [6.45, 7) is 11.7. The van der Waals surface area contributed by atoms with Crippen molar-refractivity contribution in [3.05, 3.63) is 35.9 Å². The van der Waals surface area contributed by atoms with Crippen molar-refractivity contribution in [2.45, 2.75) is 57.4 Å². The zero-order chi connectivity index (χ0) is 16.4. The molecule has 1 saturated heterocycles. The van der Waals surface area contributed by atoms with Crippen LogP contribution in [-0.4, -0.2) is 38.8 Å². The highest BCUT2D eigenvalue weighted by Crippen LogP contribution is 2.37. The lowest BCUT2D eigenvalue weighted by Gasteiger charge is -2.39. The lowest BCUT2D eigenvalue weighted by Crippen LogP contribution is -2.48. The Morgan fingerprint density at radius 1 is 1.23 bits per heavy atom. The quantitative estimate of drug-likeness (QED) is 0.861. The van der Waals surface area contributed by atoms with E-state index in [-0.39, 0.29) is 17.7 Å². The van der Waals surface area contributed by atoms with Crippen LogP contribution < -0.4 is 0 Å². The predicted octanol–water partition coefficient (Wildman–Crippen LogP) is 3.48. The van der Waals surface area contributed by atoms with E-state index in [0.29, 0.717) is 6.61 Å². The molecule has 2 rings (SSSR count). The molecular weight excluding hydrogens is 296 g/mol. The third-order valence-corrected chi connectivity index (χ3v) is 9.13. The molecule has 0 saturated carbocycles. The molecule has 0 amide bonds. The van der Waals surface area contributed by atoms with E-state index in [4.69, 9.17) is 13.9 Å². The zero-order valence-electron chi connectivity index (χ0n) is 14.2. The monoisotopic (exact) mass is 324 g/mol. The van der Waals surface area contributed by atoms with Gasteiger partial charge in [-0.05, 0) is 18.1 Å². The van der Waals surface area contributed by atoms with Crippen LogP contribution in [-0.2, 0) is 13.9 Å². The first-order valence-electron chi connectivity index (χ1n) is 7.85. The molecule has 0 radical (unpaired) electrons. The maximum Gasteiger partial charge on any atom is 0.192 e. The van der Waals surface area contributed by atoms with Gasteiger partial charge in [0, 0.05) is 5.56 Å². The molecule has 1 aromatic carbocycles. The Labute approximate surface area is 134 Å². The molecule has 4 nitrogen and oxygen atoms in total. The van der Waals surface area contributed by atoms with E-state index in [0.717, 1.165) is 5.56 Å². The molecule has 0 spiro atoms. The summed E-state index contributed by atoms with van der Waals surface area (Å²) in [5.41, 5.74) is 0.965. The van der Waals surface area contributed by atoms with Crippen LogP contribution >= 0.6 is 0 Å². The number of hydrogen-bond donors (Lipinski definition) is 1. The number of rotatable bonds is 4. The molecule has 5 heteroatoms. The van der Waals surface area contributed by atoms with E-state index in [9.17, 15) is 5.11 Å². The van der Waals surface area contributed by atoms with E-state index in [1.54, 1.807) is 0 Å². The minimum Gasteiger partial charge on any atom is -0.414 e. The number of ether oxygens (including phenoxy) is 2. The minimum atomic E-state index is -1.85. The van der Waals surface area contributed by atoms with Crippen LogP contribution in [0.2, 0.25) is 18.1 Å². The highest BCUT2D eigenvalue weighted by molar-refractivity contribution is 6.74. The van der Waals surface area contributed by atoms with E-state index in [1.165, 1.54) is 0 Å². The summed E-state index contributed by atoms with van der Waals surface area (Å²) in [4.78, 5) is 0. The van der Waals surface area contributed by atoms with E-state index in [1.807, 2.05) is 30.3 Å². The largest absolute Gasteiger partial charge is 0.414 e. The Morgan fingerprint density at radius 2 is 1.86 bits per heavy atom. The van der Waals surface area contributed by atoms with Gasteiger partial charge in [-0.1, -0.05) is 51.1 Å². The SMILES string of the molecule is CC(C)(C)[Si](C)(C)OC[C@H]1OC(c2ccccc2)OC[C@H]1O. The second kappa shape index (κ2) is 6.80. The first kappa shape index (κ1) is 17.6. The fraction of sp³-hybridized carbons (Fsp3) is 0.647. The van der Waals surface area contributed by atoms with Crippen molar-refractivity contribution in [1.82, 2.24) is 0 Å². The fourth-order valence-electron chi connectivity index (χ4n) is 2.02. The highest BCUT2D eigenvalue weighted by Gasteiger charge is 2.39. The van der Waals surface area contributed by atoms with Crippen molar-refractivity contribution < 1.29 is 19.0 Å². The van der Waals surface area contributed by atoms with Gasteiger partial charge in [-0.3, -0.25) is 0 Å². The summed E-state index contributed by atoms with van der Waals surface area (Å²) in [5.74, 6) is 0. The van der Waals surface area contributed by atoms with Crippen molar-refractivity contribution in [3.63, 3.8) is 0 Å². The molecule has 0 aliphatic carbocycles. The Kier molecular flexibility index (Phi) is 5.45. The van der Waals surface area contributed by atoms with Gasteiger partial charge in [0.15, 0.2) is 14.6 Å². The van der Waals surface area contributed by atoms with Gasteiger partial charge in [0.1, 0.15) is 12.2 Å². The standard InChI is InChI=1S/C17H28O4Si/c1-17(2,3)22(4,5)20-12-15-14(18)11-19-16(21-15)13-9-7-6-8-10-13/h6-10,14-16,18H,11-12H2,1-5H3/t14-,15-,16?/m1/s1. The second-order valence-electron chi connectivity index (χ2n) is 7.39. The van der Waals surface area contributed by atoms with Crippen molar-refractivity contribution in [2.75, 3.05) is 13.2 Å². The van der Waals surface area contributed by atoms with Crippen LogP contribution in [0.3, 0.4) is 0 Å². The topological polar surface area (TPSA) is 47.9 Å². The van der Waals surface area contributed by atoms with Gasteiger partial charge in [-0.15, -0.1) is 0 Å². The summed E-state index contributed by atoms with van der Waals surface area (Å²) in [7, 11) is -1.85. The van der Waals surface area contributed by atoms with Crippen LogP contribution in [0.1, 0.15) is 32.6 Å². The maximum atomic E-state index is 10.1. The number of aliphatic hydroxyl groups excluding tert-OH is 1. The molecule has 3 atom stereocenters. The van der Waals surface area contributed by atoms with Crippen LogP contribution in [0.25, 0.3) is 0 Å². The van der Waals surface area contributed by atoms with Crippen LogP contribution in [0, 0.1) is 0 Å². The van der Waals surface area contributed by atoms with Crippen molar-refractivity contribution >= 4 is 8.32 Å². The Hall–Kier alpha value is -0.723. The third-order valence-electron chi connectivity index (χ3n) is 4.63. The molecule has 1 fully saturated rings. The number of aliphatic hydroxyl groups is 1. The van der Waals surface area contributed by atoms with Gasteiger partial charge < -0.3 is 19.0 Å². The average molecular weight is 324 g/mol. The highest BCUT2D eigenvalue weighted by atomic mass is 28.4. The number of benzene rings is 1. The summed E-state index contributed by atoms with van der Waals surface area (Å²) >= 11 is 0. The van der Waals surface area contributed by atoms with Crippen molar-refractivity contribution in [1.29, 1.82) is 0 Å². The van der Waals surface area contributed by atoms with Crippen molar-refractivity contribution in [2.24, 2.45) is 0 Å². The average Bonchev–Trinajstić information content (AvgIpc) is 2.46. The molecule has 1 aromatic rings. The predicted molar refractivity (Wildman–Crippen MR) is 89.2 cm³/mol. The van der Waals surface area contributed by atoms with Gasteiger partial charge in [0.2, 0.25) is 0 Å². The molecule has 1 heterocycles.